The number of benzene rings is 1. The Kier molecular flexibility index (Phi) is 4.06. The summed E-state index contributed by atoms with van der Waals surface area (Å²) in [6, 6.07) is 10.3. The Morgan fingerprint density at radius 2 is 1.91 bits per heavy atom. The van der Waals surface area contributed by atoms with Crippen molar-refractivity contribution in [2.75, 3.05) is 7.11 Å². The van der Waals surface area contributed by atoms with Crippen LogP contribution in [0.3, 0.4) is 0 Å². The fourth-order valence-corrected chi connectivity index (χ4v) is 2.32. The molecule has 0 bridgehead atoms. The van der Waals surface area contributed by atoms with Crippen LogP contribution in [0.2, 0.25) is 0 Å². The smallest absolute Gasteiger partial charge is 0.183 e. The van der Waals surface area contributed by atoms with Gasteiger partial charge in [-0.05, 0) is 30.2 Å². The zero-order valence-electron chi connectivity index (χ0n) is 13.2. The van der Waals surface area contributed by atoms with E-state index in [1.807, 2.05) is 32.0 Å². The van der Waals surface area contributed by atoms with Gasteiger partial charge in [0.1, 0.15) is 22.9 Å². The van der Waals surface area contributed by atoms with Gasteiger partial charge in [-0.25, -0.2) is 9.37 Å². The van der Waals surface area contributed by atoms with Gasteiger partial charge >= 0.3 is 0 Å². The van der Waals surface area contributed by atoms with Crippen molar-refractivity contribution in [2.45, 2.75) is 19.8 Å². The van der Waals surface area contributed by atoms with Crippen LogP contribution in [0.25, 0.3) is 5.65 Å². The highest BCUT2D eigenvalue weighted by Gasteiger charge is 2.15. The van der Waals surface area contributed by atoms with Crippen LogP contribution in [0.4, 0.5) is 15.9 Å². The van der Waals surface area contributed by atoms with Crippen molar-refractivity contribution in [1.82, 2.24) is 9.38 Å². The first kappa shape index (κ1) is 15.1. The van der Waals surface area contributed by atoms with Crippen molar-refractivity contribution in [1.29, 1.82) is 0 Å². The van der Waals surface area contributed by atoms with Gasteiger partial charge in [0.15, 0.2) is 5.82 Å². The number of halogens is 1. The average molecular weight is 312 g/mol. The van der Waals surface area contributed by atoms with Gasteiger partial charge in [-0.1, -0.05) is 26.0 Å². The molecule has 0 fully saturated rings. The highest BCUT2D eigenvalue weighted by atomic mass is 19.1. The third-order valence-electron chi connectivity index (χ3n) is 3.47. The van der Waals surface area contributed by atoms with E-state index >= 15 is 0 Å². The molecule has 2 aromatic heterocycles. The molecule has 0 saturated heterocycles. The number of ether oxygens (including phenoxy) is 1. The van der Waals surface area contributed by atoms with E-state index in [4.69, 9.17) is 4.74 Å². The molecule has 0 N–H and O–H groups in total. The summed E-state index contributed by atoms with van der Waals surface area (Å²) in [5, 5.41) is 8.57. The third kappa shape index (κ3) is 2.92. The van der Waals surface area contributed by atoms with Crippen LogP contribution in [-0.4, -0.2) is 16.5 Å². The third-order valence-corrected chi connectivity index (χ3v) is 3.47. The van der Waals surface area contributed by atoms with Crippen LogP contribution in [0.1, 0.15) is 25.5 Å². The lowest BCUT2D eigenvalue weighted by atomic mass is 10.1. The molecule has 0 aliphatic rings. The maximum atomic E-state index is 13.6. The molecule has 0 amide bonds. The molecule has 1 aromatic carbocycles. The summed E-state index contributed by atoms with van der Waals surface area (Å²) in [6.07, 6.45) is 1.37. The van der Waals surface area contributed by atoms with E-state index in [2.05, 4.69) is 15.2 Å². The molecule has 0 saturated carbocycles. The molecule has 0 unspecified atom stereocenters. The first-order valence-electron chi connectivity index (χ1n) is 7.32. The molecule has 6 heteroatoms. The molecule has 0 aliphatic carbocycles. The number of methoxy groups -OCH3 is 1. The van der Waals surface area contributed by atoms with Crippen LogP contribution in [0.5, 0.6) is 5.75 Å². The maximum Gasteiger partial charge on any atom is 0.183 e. The normalized spacial score (nSPS) is 11.7. The molecule has 23 heavy (non-hydrogen) atoms. The number of hydrogen-bond acceptors (Lipinski definition) is 4. The highest BCUT2D eigenvalue weighted by molar-refractivity contribution is 5.55. The first-order chi connectivity index (χ1) is 11.1. The Hall–Kier alpha value is -2.76. The molecular weight excluding hydrogens is 295 g/mol. The predicted octanol–water partition coefficient (Wildman–Crippen LogP) is 5.02. The quantitative estimate of drug-likeness (QED) is 0.635. The van der Waals surface area contributed by atoms with Crippen molar-refractivity contribution < 1.29 is 9.13 Å². The van der Waals surface area contributed by atoms with Gasteiger partial charge in [-0.3, -0.25) is 4.40 Å². The number of azo groups is 1. The van der Waals surface area contributed by atoms with Gasteiger partial charge in [0, 0.05) is 6.20 Å². The van der Waals surface area contributed by atoms with E-state index in [0.717, 1.165) is 5.69 Å². The fraction of sp³-hybridized carbons (Fsp3) is 0.235. The SMILES string of the molecule is COc1ccccc1N=Nc1c(C(C)C)nc2ccc(F)cn12. The molecule has 3 aromatic rings. The largest absolute Gasteiger partial charge is 0.494 e. The Bertz CT molecular complexity index is 870. The van der Waals surface area contributed by atoms with Crippen molar-refractivity contribution in [3.8, 4) is 5.75 Å². The van der Waals surface area contributed by atoms with E-state index in [-0.39, 0.29) is 11.7 Å². The average Bonchev–Trinajstić information content (AvgIpc) is 2.91. The number of pyridine rings is 1. The van der Waals surface area contributed by atoms with Gasteiger partial charge in [0.2, 0.25) is 0 Å². The number of aromatic nitrogens is 2. The minimum Gasteiger partial charge on any atom is -0.494 e. The van der Waals surface area contributed by atoms with Crippen molar-refractivity contribution in [3.63, 3.8) is 0 Å². The second-order valence-corrected chi connectivity index (χ2v) is 5.42. The topological polar surface area (TPSA) is 51.2 Å². The lowest BCUT2D eigenvalue weighted by Crippen LogP contribution is -1.88. The number of imidazole rings is 1. The summed E-state index contributed by atoms with van der Waals surface area (Å²) in [6.45, 7) is 4.03. The molecule has 2 heterocycles. The second kappa shape index (κ2) is 6.16. The Balaban J connectivity index is 2.13. The number of para-hydroxylation sites is 1. The molecule has 0 aliphatic heterocycles. The second-order valence-electron chi connectivity index (χ2n) is 5.42. The van der Waals surface area contributed by atoms with Crippen LogP contribution >= 0.6 is 0 Å². The number of rotatable bonds is 4. The lowest BCUT2D eigenvalue weighted by molar-refractivity contribution is 0.416. The molecule has 5 nitrogen and oxygen atoms in total. The van der Waals surface area contributed by atoms with Crippen molar-refractivity contribution in [3.05, 3.63) is 54.1 Å². The highest BCUT2D eigenvalue weighted by Crippen LogP contribution is 2.32. The number of hydrogen-bond donors (Lipinski definition) is 0. The summed E-state index contributed by atoms with van der Waals surface area (Å²) in [5.41, 5.74) is 2.02. The maximum absolute atomic E-state index is 13.6. The summed E-state index contributed by atoms with van der Waals surface area (Å²) in [4.78, 5) is 4.52. The van der Waals surface area contributed by atoms with Gasteiger partial charge < -0.3 is 4.74 Å². The van der Waals surface area contributed by atoms with Crippen molar-refractivity contribution >= 4 is 17.2 Å². The van der Waals surface area contributed by atoms with Crippen molar-refractivity contribution in [2.24, 2.45) is 10.2 Å². The zero-order valence-corrected chi connectivity index (χ0v) is 13.2. The van der Waals surface area contributed by atoms with E-state index in [1.165, 1.54) is 12.3 Å². The standard InChI is InChI=1S/C17H17FN4O/c1-11(2)16-17(22-10-12(18)8-9-15(22)19-16)21-20-13-6-4-5-7-14(13)23-3/h4-11H,1-3H3. The fourth-order valence-electron chi connectivity index (χ4n) is 2.32. The van der Waals surface area contributed by atoms with Gasteiger partial charge in [0.25, 0.3) is 0 Å². The van der Waals surface area contributed by atoms with E-state index in [1.54, 1.807) is 23.6 Å². The zero-order chi connectivity index (χ0) is 16.4. The van der Waals surface area contributed by atoms with E-state index < -0.39 is 0 Å². The van der Waals surface area contributed by atoms with Gasteiger partial charge in [0.05, 0.1) is 12.8 Å². The van der Waals surface area contributed by atoms with E-state index in [9.17, 15) is 4.39 Å². The molecule has 0 spiro atoms. The summed E-state index contributed by atoms with van der Waals surface area (Å²) in [5.74, 6) is 0.950. The Morgan fingerprint density at radius 1 is 1.13 bits per heavy atom. The molecular formula is C17H17FN4O. The van der Waals surface area contributed by atoms with Gasteiger partial charge in [-0.2, -0.15) is 0 Å². The molecule has 118 valence electrons. The molecule has 0 atom stereocenters. The van der Waals surface area contributed by atoms with Crippen LogP contribution < -0.4 is 4.74 Å². The first-order valence-corrected chi connectivity index (χ1v) is 7.32. The Morgan fingerprint density at radius 3 is 2.65 bits per heavy atom. The lowest BCUT2D eigenvalue weighted by Gasteiger charge is -2.04. The van der Waals surface area contributed by atoms with Crippen LogP contribution in [-0.2, 0) is 0 Å². The number of fused-ring (bicyclic) bond motifs is 1. The summed E-state index contributed by atoms with van der Waals surface area (Å²) >= 11 is 0. The molecule has 0 radical (unpaired) electrons. The number of nitrogens with zero attached hydrogens (tertiary/aromatic N) is 4. The summed E-state index contributed by atoms with van der Waals surface area (Å²) < 4.78 is 20.4. The molecule has 3 rings (SSSR count). The minimum atomic E-state index is -0.348. The predicted molar refractivity (Wildman–Crippen MR) is 86.4 cm³/mol. The monoisotopic (exact) mass is 312 g/mol. The summed E-state index contributed by atoms with van der Waals surface area (Å²) in [7, 11) is 1.58. The van der Waals surface area contributed by atoms with E-state index in [0.29, 0.717) is 22.9 Å². The minimum absolute atomic E-state index is 0.143. The van der Waals surface area contributed by atoms with Gasteiger partial charge in [-0.15, -0.1) is 10.2 Å². The van der Waals surface area contributed by atoms with Crippen LogP contribution in [0.15, 0.2) is 52.8 Å². The Labute approximate surface area is 133 Å². The van der Waals surface area contributed by atoms with Crippen LogP contribution in [0, 0.1) is 5.82 Å².